The molecule has 0 unspecified atom stereocenters. The zero-order valence-corrected chi connectivity index (χ0v) is 12.5. The number of nitrogen functional groups attached to an aromatic ring is 1. The molecule has 21 heavy (non-hydrogen) atoms. The lowest BCUT2D eigenvalue weighted by Gasteiger charge is -2.09. The van der Waals surface area contributed by atoms with Gasteiger partial charge < -0.3 is 15.8 Å². The van der Waals surface area contributed by atoms with Gasteiger partial charge in [0.05, 0.1) is 23.6 Å². The molecule has 1 amide bonds. The summed E-state index contributed by atoms with van der Waals surface area (Å²) >= 11 is 1.10. The van der Waals surface area contributed by atoms with Gasteiger partial charge in [-0.3, -0.25) is 4.79 Å². The minimum absolute atomic E-state index is 0.269. The van der Waals surface area contributed by atoms with Crippen LogP contribution in [0.1, 0.15) is 32.6 Å². The molecule has 3 N–H and O–H groups in total. The lowest BCUT2D eigenvalue weighted by Crippen LogP contribution is -2.15. The van der Waals surface area contributed by atoms with Gasteiger partial charge >= 0.3 is 5.97 Å². The summed E-state index contributed by atoms with van der Waals surface area (Å²) in [6.07, 6.45) is 0. The van der Waals surface area contributed by atoms with Gasteiger partial charge in [-0.25, -0.2) is 9.78 Å². The van der Waals surface area contributed by atoms with Gasteiger partial charge in [0.2, 0.25) is 0 Å². The third kappa shape index (κ3) is 3.38. The van der Waals surface area contributed by atoms with Crippen molar-refractivity contribution in [2.75, 3.05) is 17.7 Å². The van der Waals surface area contributed by atoms with E-state index in [9.17, 15) is 9.59 Å². The molecule has 1 aromatic carbocycles. The van der Waals surface area contributed by atoms with Crippen molar-refractivity contribution in [1.82, 2.24) is 4.98 Å². The quantitative estimate of drug-likeness (QED) is 0.846. The van der Waals surface area contributed by atoms with Crippen molar-refractivity contribution in [1.29, 1.82) is 0 Å². The Bertz CT molecular complexity index is 682. The topological polar surface area (TPSA) is 94.3 Å². The smallest absolute Gasteiger partial charge is 0.340 e. The molecule has 0 aliphatic heterocycles. The Morgan fingerprint density at radius 1 is 1.38 bits per heavy atom. The Kier molecular flexibility index (Phi) is 4.54. The number of amides is 1. The minimum Gasteiger partial charge on any atom is -0.462 e. The molecule has 0 bridgehead atoms. The number of aryl methyl sites for hydroxylation is 1. The Hall–Kier alpha value is -2.41. The maximum absolute atomic E-state index is 12.2. The molecule has 0 aliphatic carbocycles. The minimum atomic E-state index is -0.478. The number of aromatic nitrogens is 1. The molecule has 7 heteroatoms. The summed E-state index contributed by atoms with van der Waals surface area (Å²) in [6.45, 7) is 3.70. The predicted molar refractivity (Wildman–Crippen MR) is 81.6 cm³/mol. The van der Waals surface area contributed by atoms with E-state index in [1.54, 1.807) is 38.1 Å². The maximum Gasteiger partial charge on any atom is 0.340 e. The van der Waals surface area contributed by atoms with Crippen LogP contribution in [0.2, 0.25) is 0 Å². The molecule has 2 rings (SSSR count). The first-order valence-electron chi connectivity index (χ1n) is 6.33. The van der Waals surface area contributed by atoms with Crippen molar-refractivity contribution >= 4 is 34.0 Å². The van der Waals surface area contributed by atoms with Crippen molar-refractivity contribution in [2.45, 2.75) is 13.8 Å². The van der Waals surface area contributed by atoms with E-state index in [0.29, 0.717) is 27.0 Å². The van der Waals surface area contributed by atoms with Crippen LogP contribution in [0.4, 0.5) is 10.8 Å². The lowest BCUT2D eigenvalue weighted by atomic mass is 10.1. The third-order valence-corrected chi connectivity index (χ3v) is 3.68. The standard InChI is InChI=1S/C14H15N3O3S/c1-3-20-13(19)9-6-4-5-7-10(9)17-12(18)11-8(2)16-14(15)21-11/h4-7H,3H2,1-2H3,(H2,15,16)(H,17,18). The van der Waals surface area contributed by atoms with Crippen molar-refractivity contribution < 1.29 is 14.3 Å². The Morgan fingerprint density at radius 2 is 2.10 bits per heavy atom. The van der Waals surface area contributed by atoms with Crippen LogP contribution >= 0.6 is 11.3 Å². The molecule has 6 nitrogen and oxygen atoms in total. The molecule has 0 fully saturated rings. The van der Waals surface area contributed by atoms with Crippen LogP contribution in [-0.2, 0) is 4.74 Å². The summed E-state index contributed by atoms with van der Waals surface area (Å²) in [4.78, 5) is 28.5. The van der Waals surface area contributed by atoms with Gasteiger partial charge in [-0.1, -0.05) is 23.5 Å². The number of carbonyl (C=O) groups is 2. The third-order valence-electron chi connectivity index (χ3n) is 2.69. The van der Waals surface area contributed by atoms with Crippen LogP contribution in [-0.4, -0.2) is 23.5 Å². The van der Waals surface area contributed by atoms with Crippen LogP contribution in [0.3, 0.4) is 0 Å². The summed E-state index contributed by atoms with van der Waals surface area (Å²) < 4.78 is 4.96. The van der Waals surface area contributed by atoms with Gasteiger partial charge in [-0.05, 0) is 26.0 Å². The Labute approximate surface area is 125 Å². The number of benzene rings is 1. The molecule has 0 atom stereocenters. The highest BCUT2D eigenvalue weighted by Gasteiger charge is 2.18. The summed E-state index contributed by atoms with van der Waals surface area (Å²) in [5.74, 6) is -0.826. The fourth-order valence-corrected chi connectivity index (χ4v) is 2.51. The molecular formula is C14H15N3O3S. The van der Waals surface area contributed by atoms with Gasteiger partial charge in [0.1, 0.15) is 4.88 Å². The number of carbonyl (C=O) groups excluding carboxylic acids is 2. The molecule has 110 valence electrons. The predicted octanol–water partition coefficient (Wildman–Crippen LogP) is 2.46. The average Bonchev–Trinajstić information content (AvgIpc) is 2.78. The number of anilines is 2. The lowest BCUT2D eigenvalue weighted by molar-refractivity contribution is 0.0527. The van der Waals surface area contributed by atoms with Crippen molar-refractivity contribution in [3.05, 3.63) is 40.4 Å². The van der Waals surface area contributed by atoms with Crippen LogP contribution in [0, 0.1) is 6.92 Å². The van der Waals surface area contributed by atoms with E-state index in [1.807, 2.05) is 0 Å². The Morgan fingerprint density at radius 3 is 2.71 bits per heavy atom. The molecule has 0 spiro atoms. The number of thiazole rings is 1. The number of nitrogens with one attached hydrogen (secondary N) is 1. The van der Waals surface area contributed by atoms with Crippen LogP contribution in [0.5, 0.6) is 0 Å². The van der Waals surface area contributed by atoms with Gasteiger partial charge in [0.15, 0.2) is 5.13 Å². The second kappa shape index (κ2) is 6.36. The number of nitrogens with two attached hydrogens (primary N) is 1. The van der Waals surface area contributed by atoms with Crippen molar-refractivity contribution in [3.63, 3.8) is 0 Å². The molecular weight excluding hydrogens is 290 g/mol. The summed E-state index contributed by atoms with van der Waals surface area (Å²) in [6, 6.07) is 6.68. The molecule has 2 aromatic rings. The normalized spacial score (nSPS) is 10.2. The highest BCUT2D eigenvalue weighted by molar-refractivity contribution is 7.17. The zero-order chi connectivity index (χ0) is 15.4. The van der Waals surface area contributed by atoms with Gasteiger partial charge in [-0.15, -0.1) is 0 Å². The molecule has 1 heterocycles. The molecule has 0 saturated carbocycles. The first kappa shape index (κ1) is 15.0. The van der Waals surface area contributed by atoms with Crippen molar-refractivity contribution in [3.8, 4) is 0 Å². The highest BCUT2D eigenvalue weighted by Crippen LogP contribution is 2.23. The molecule has 0 saturated heterocycles. The van der Waals surface area contributed by atoms with E-state index in [4.69, 9.17) is 10.5 Å². The van der Waals surface area contributed by atoms with E-state index >= 15 is 0 Å². The number of para-hydroxylation sites is 1. The fraction of sp³-hybridized carbons (Fsp3) is 0.214. The van der Waals surface area contributed by atoms with Crippen LogP contribution in [0.25, 0.3) is 0 Å². The fourth-order valence-electron chi connectivity index (χ4n) is 1.79. The summed E-state index contributed by atoms with van der Waals surface area (Å²) in [7, 11) is 0. The number of hydrogen-bond donors (Lipinski definition) is 2. The number of ether oxygens (including phenoxy) is 1. The van der Waals surface area contributed by atoms with E-state index in [0.717, 1.165) is 11.3 Å². The van der Waals surface area contributed by atoms with Gasteiger partial charge in [0, 0.05) is 0 Å². The SMILES string of the molecule is CCOC(=O)c1ccccc1NC(=O)c1sc(N)nc1C. The average molecular weight is 305 g/mol. The first-order valence-corrected chi connectivity index (χ1v) is 7.15. The number of hydrogen-bond acceptors (Lipinski definition) is 6. The summed E-state index contributed by atoms with van der Waals surface area (Å²) in [5.41, 5.74) is 6.84. The van der Waals surface area contributed by atoms with E-state index in [2.05, 4.69) is 10.3 Å². The number of nitrogens with zero attached hydrogens (tertiary/aromatic N) is 1. The highest BCUT2D eigenvalue weighted by atomic mass is 32.1. The van der Waals surface area contributed by atoms with Crippen LogP contribution in [0.15, 0.2) is 24.3 Å². The van der Waals surface area contributed by atoms with E-state index in [1.165, 1.54) is 0 Å². The number of rotatable bonds is 4. The monoisotopic (exact) mass is 305 g/mol. The number of esters is 1. The zero-order valence-electron chi connectivity index (χ0n) is 11.7. The van der Waals surface area contributed by atoms with E-state index in [-0.39, 0.29) is 12.5 Å². The van der Waals surface area contributed by atoms with E-state index < -0.39 is 5.97 Å². The van der Waals surface area contributed by atoms with Gasteiger partial charge in [-0.2, -0.15) is 0 Å². The van der Waals surface area contributed by atoms with Crippen LogP contribution < -0.4 is 11.1 Å². The van der Waals surface area contributed by atoms with Gasteiger partial charge in [0.25, 0.3) is 5.91 Å². The Balaban J connectivity index is 2.25. The second-order valence-corrected chi connectivity index (χ2v) is 5.22. The largest absolute Gasteiger partial charge is 0.462 e. The second-order valence-electron chi connectivity index (χ2n) is 4.19. The summed E-state index contributed by atoms with van der Waals surface area (Å²) in [5, 5.41) is 3.03. The molecule has 0 aliphatic rings. The first-order chi connectivity index (χ1) is 10.0. The van der Waals surface area contributed by atoms with Crippen molar-refractivity contribution in [2.24, 2.45) is 0 Å². The molecule has 0 radical (unpaired) electrons. The maximum atomic E-state index is 12.2. The molecule has 1 aromatic heterocycles.